The summed E-state index contributed by atoms with van der Waals surface area (Å²) in [7, 11) is 0. The van der Waals surface area contributed by atoms with Crippen molar-refractivity contribution in [1.82, 2.24) is 69.7 Å². The minimum absolute atomic E-state index is 0.0312. The van der Waals surface area contributed by atoms with Gasteiger partial charge in [0, 0.05) is 85.5 Å². The van der Waals surface area contributed by atoms with E-state index in [-0.39, 0.29) is 83.7 Å². The Hall–Kier alpha value is -14.2. The number of urea groups is 4. The first kappa shape index (κ1) is 84.7. The number of nitrogens with zero attached hydrogens (tertiary/aromatic N) is 14. The first-order valence-corrected chi connectivity index (χ1v) is 38.9. The molecule has 4 aliphatic rings. The van der Waals surface area contributed by atoms with Crippen LogP contribution in [0.5, 0.6) is 0 Å². The van der Waals surface area contributed by atoms with Crippen LogP contribution in [0.4, 0.5) is 91.5 Å². The highest BCUT2D eigenvalue weighted by Crippen LogP contribution is 2.36. The van der Waals surface area contributed by atoms with Crippen molar-refractivity contribution in [3.05, 3.63) is 275 Å². The van der Waals surface area contributed by atoms with Crippen LogP contribution in [-0.2, 0) is 24.2 Å². The average Bonchev–Trinajstić information content (AvgIpc) is 0.788. The molecule has 8 amide bonds. The molecule has 121 heavy (non-hydrogen) atoms. The number of benzene rings is 4. The molecule has 0 saturated carbocycles. The quantitative estimate of drug-likeness (QED) is 0.0370. The summed E-state index contributed by atoms with van der Waals surface area (Å²) in [5, 5.41) is 19.2. The number of nitrogens with one attached hydrogen (secondary N) is 4. The number of aromatic nitrogens is 10. The molecule has 622 valence electrons. The number of halogens is 6. The highest BCUT2D eigenvalue weighted by atomic mass is 19.1. The molecule has 33 heteroatoms. The second-order valence-corrected chi connectivity index (χ2v) is 29.9. The van der Waals surface area contributed by atoms with Crippen LogP contribution in [0, 0.1) is 81.5 Å². The zero-order valence-corrected chi connectivity index (χ0v) is 66.7. The molecule has 0 spiro atoms. The van der Waals surface area contributed by atoms with Gasteiger partial charge in [-0.25, -0.2) is 75.4 Å². The van der Waals surface area contributed by atoms with Crippen molar-refractivity contribution in [2.45, 2.75) is 72.8 Å². The van der Waals surface area contributed by atoms with E-state index >= 15 is 0 Å². The van der Waals surface area contributed by atoms with Gasteiger partial charge in [-0.1, -0.05) is 12.1 Å². The zero-order chi connectivity index (χ0) is 85.5. The van der Waals surface area contributed by atoms with E-state index in [4.69, 9.17) is 27.7 Å². The summed E-state index contributed by atoms with van der Waals surface area (Å²) in [5.41, 5.74) is 37.5. The molecule has 12 aromatic rings. The molecule has 8 aromatic heterocycles. The summed E-state index contributed by atoms with van der Waals surface area (Å²) < 4.78 is 86.7. The van der Waals surface area contributed by atoms with E-state index in [1.165, 1.54) is 53.4 Å². The van der Waals surface area contributed by atoms with Gasteiger partial charge in [0.15, 0.2) is 41.1 Å². The Labute approximate surface area is 693 Å². The number of carbonyl (C=O) groups excluding carboxylic acids is 4. The summed E-state index contributed by atoms with van der Waals surface area (Å²) in [6.45, 7) is 13.4. The SMILES string of the molecule is Cc1cc(F)ccc1-c1ccc(N)c(NC(=O)N2CC(C(F)c3ncc(F)cn3)C2)n1.Cc1cc(F)ccc1-c1ccc(N)c(NC(=O)N2CC(CCc3ccccn3)C2)n1.Cc1cc(F)ccc1-c1ccc(N)c(NC(=O)N2CC(OCc3ccccn3)C2)n1.Cc1ccc(CC2CN(C(=O)Nc3nc(-c4ccc(F)cc4C)ccc3N)C2)nn1. The standard InChI is InChI=1S/C23H24FN5O.C22H23FN6O.C22H22FN5O2.C21H19F3N6O/c1-15-12-17(24)6-8-19(15)21-10-9-20(25)22(27-21)28-23(30)29-13-16(14-29)5-7-18-4-2-3-11-26-18;1-13-9-16(23)4-6-18(13)20-8-7-19(24)21(25-20)26-22(30)29-11-15(12-29)10-17-5-3-14(2)27-28-17;1-14-10-15(23)5-6-18(14)20-8-7-19(24)21(26-20)27-22(29)28-11-17(12-28)30-13-16-4-2-3-9-25-16;1-11-6-13(22)2-3-15(11)17-5-4-16(25)19(28-17)29-21(31)30-9-12(10-30)18(24)20-26-7-14(23)8-27-20/h2-4,6,8-12,16H,5,7,13-14,25H2,1H3,(H,27,28,30);3-9,15H,10-12,24H2,1-2H3,(H,25,26,30);2-10,17H,11-13,24H2,1H3,(H,26,27,29);2-8,12,18H,9-10,25H2,1H3,(H,28,29,31). The van der Waals surface area contributed by atoms with Gasteiger partial charge in [0.05, 0.1) is 101 Å². The highest BCUT2D eigenvalue weighted by Gasteiger charge is 2.40. The molecule has 4 saturated heterocycles. The summed E-state index contributed by atoms with van der Waals surface area (Å²) in [4.78, 5) is 90.4. The van der Waals surface area contributed by atoms with E-state index < -0.39 is 23.9 Å². The fraction of sp³-hybridized carbons (Fsp3) is 0.250. The molecular weight excluding hydrogens is 1560 g/mol. The number of hydrogen-bond acceptors (Lipinski definition) is 19. The molecule has 0 radical (unpaired) electrons. The number of anilines is 8. The van der Waals surface area contributed by atoms with E-state index in [2.05, 4.69) is 71.3 Å². The molecule has 0 bridgehead atoms. The van der Waals surface area contributed by atoms with Crippen LogP contribution < -0.4 is 44.2 Å². The van der Waals surface area contributed by atoms with Crippen molar-refractivity contribution in [3.63, 3.8) is 0 Å². The Balaban J connectivity index is 0.000000139. The Kier molecular flexibility index (Phi) is 26.9. The van der Waals surface area contributed by atoms with E-state index in [0.29, 0.717) is 120 Å². The number of rotatable bonds is 18. The van der Waals surface area contributed by atoms with Crippen LogP contribution in [0.2, 0.25) is 0 Å². The third-order valence-electron chi connectivity index (χ3n) is 20.7. The highest BCUT2D eigenvalue weighted by molar-refractivity contribution is 5.95. The van der Waals surface area contributed by atoms with Crippen LogP contribution in [0.1, 0.15) is 63.4 Å². The van der Waals surface area contributed by atoms with Crippen molar-refractivity contribution in [2.24, 2.45) is 17.8 Å². The number of hydrogen-bond donors (Lipinski definition) is 8. The Bertz CT molecular complexity index is 5520. The van der Waals surface area contributed by atoms with Gasteiger partial charge in [-0.3, -0.25) is 31.2 Å². The van der Waals surface area contributed by atoms with Gasteiger partial charge in [0.25, 0.3) is 0 Å². The number of alkyl halides is 1. The summed E-state index contributed by atoms with van der Waals surface area (Å²) >= 11 is 0. The van der Waals surface area contributed by atoms with E-state index in [9.17, 15) is 45.5 Å². The maximum atomic E-state index is 14.5. The molecule has 0 aliphatic carbocycles. The second-order valence-electron chi connectivity index (χ2n) is 29.9. The molecule has 27 nitrogen and oxygen atoms in total. The van der Waals surface area contributed by atoms with Crippen molar-refractivity contribution >= 4 is 70.1 Å². The van der Waals surface area contributed by atoms with Gasteiger partial charge in [0.1, 0.15) is 23.3 Å². The molecule has 1 unspecified atom stereocenters. The molecule has 4 aromatic carbocycles. The first-order valence-electron chi connectivity index (χ1n) is 38.9. The van der Waals surface area contributed by atoms with Gasteiger partial charge in [-0.15, -0.1) is 0 Å². The van der Waals surface area contributed by atoms with Crippen LogP contribution in [0.25, 0.3) is 45.0 Å². The fourth-order valence-electron chi connectivity index (χ4n) is 13.7. The van der Waals surface area contributed by atoms with Gasteiger partial charge in [0.2, 0.25) is 0 Å². The van der Waals surface area contributed by atoms with Crippen LogP contribution >= 0.6 is 0 Å². The van der Waals surface area contributed by atoms with Crippen molar-refractivity contribution in [2.75, 3.05) is 96.6 Å². The number of carbonyl (C=O) groups is 4. The maximum absolute atomic E-state index is 14.5. The van der Waals surface area contributed by atoms with E-state index in [1.807, 2.05) is 69.3 Å². The molecule has 4 aliphatic heterocycles. The summed E-state index contributed by atoms with van der Waals surface area (Å²) in [6.07, 6.45) is 6.50. The molecule has 12 N–H and O–H groups in total. The Morgan fingerprint density at radius 1 is 0.413 bits per heavy atom. The lowest BCUT2D eigenvalue weighted by Gasteiger charge is -2.40. The number of amides is 8. The largest absolute Gasteiger partial charge is 0.396 e. The lowest BCUT2D eigenvalue weighted by Crippen LogP contribution is -2.56. The van der Waals surface area contributed by atoms with Gasteiger partial charge in [-0.2, -0.15) is 10.2 Å². The predicted molar refractivity (Wildman–Crippen MR) is 450 cm³/mol. The fourth-order valence-corrected chi connectivity index (χ4v) is 13.7. The molecule has 12 heterocycles. The number of pyridine rings is 6. The van der Waals surface area contributed by atoms with Gasteiger partial charge < -0.3 is 47.3 Å². The predicted octanol–water partition coefficient (Wildman–Crippen LogP) is 15.3. The van der Waals surface area contributed by atoms with E-state index in [0.717, 1.165) is 87.8 Å². The lowest BCUT2D eigenvalue weighted by molar-refractivity contribution is -0.0431. The molecule has 4 fully saturated rings. The van der Waals surface area contributed by atoms with Gasteiger partial charge in [-0.05, 0) is 246 Å². The monoisotopic (exact) mass is 1650 g/mol. The van der Waals surface area contributed by atoms with Crippen molar-refractivity contribution in [1.29, 1.82) is 0 Å². The summed E-state index contributed by atoms with van der Waals surface area (Å²) in [6, 6.07) is 45.7. The van der Waals surface area contributed by atoms with Gasteiger partial charge >= 0.3 is 24.1 Å². The lowest BCUT2D eigenvalue weighted by atomic mass is 9.94. The zero-order valence-electron chi connectivity index (χ0n) is 66.7. The molecule has 16 rings (SSSR count). The number of nitrogen functional groups attached to an aromatic ring is 4. The third-order valence-corrected chi connectivity index (χ3v) is 20.7. The number of ether oxygens (including phenoxy) is 1. The third kappa shape index (κ3) is 21.9. The maximum Gasteiger partial charge on any atom is 0.323 e. The number of aryl methyl sites for hydroxylation is 6. The van der Waals surface area contributed by atoms with E-state index in [1.54, 1.807) is 114 Å². The average molecular weight is 1650 g/mol. The van der Waals surface area contributed by atoms with Crippen molar-refractivity contribution in [3.8, 4) is 45.0 Å². The normalized spacial score (nSPS) is 14.0. The van der Waals surface area contributed by atoms with Crippen LogP contribution in [-0.4, -0.2) is 152 Å². The smallest absolute Gasteiger partial charge is 0.323 e. The minimum atomic E-state index is -1.50. The topological polar surface area (TPSA) is 372 Å². The Morgan fingerprint density at radius 2 is 0.785 bits per heavy atom. The minimum Gasteiger partial charge on any atom is -0.396 e. The molecular formula is C88H88F6N22O5. The summed E-state index contributed by atoms with van der Waals surface area (Å²) in [5.74, 6) is -0.627. The first-order chi connectivity index (χ1) is 58.2. The van der Waals surface area contributed by atoms with Crippen molar-refractivity contribution < 1.29 is 50.3 Å². The second kappa shape index (κ2) is 38.4. The number of nitrogens with two attached hydrogens (primary N) is 4. The van der Waals surface area contributed by atoms with Crippen LogP contribution in [0.15, 0.2) is 195 Å². The molecule has 1 atom stereocenters. The van der Waals surface area contributed by atoms with Crippen LogP contribution in [0.3, 0.4) is 0 Å². The number of likely N-dealkylation sites (tertiary alicyclic amines) is 4. The Morgan fingerprint density at radius 3 is 1.15 bits per heavy atom.